The van der Waals surface area contributed by atoms with Crippen molar-refractivity contribution in [3.63, 3.8) is 0 Å². The lowest BCUT2D eigenvalue weighted by Crippen LogP contribution is -2.40. The molecule has 1 atom stereocenters. The van der Waals surface area contributed by atoms with Crippen molar-refractivity contribution in [3.05, 3.63) is 33.8 Å². The second-order valence-electron chi connectivity index (χ2n) is 4.46. The van der Waals surface area contributed by atoms with Gasteiger partial charge in [-0.3, -0.25) is 4.79 Å². The highest BCUT2D eigenvalue weighted by Gasteiger charge is 2.28. The van der Waals surface area contributed by atoms with Gasteiger partial charge in [-0.25, -0.2) is 8.78 Å². The molecule has 1 fully saturated rings. The zero-order valence-electron chi connectivity index (χ0n) is 10.00. The first-order valence-corrected chi connectivity index (χ1v) is 6.65. The van der Waals surface area contributed by atoms with Gasteiger partial charge in [0.15, 0.2) is 0 Å². The summed E-state index contributed by atoms with van der Waals surface area (Å²) in [6.07, 6.45) is 1.38. The molecule has 1 saturated heterocycles. The molecule has 3 nitrogen and oxygen atoms in total. The molecule has 1 aliphatic rings. The summed E-state index contributed by atoms with van der Waals surface area (Å²) in [5.74, 6) is -2.74. The standard InChI is InChI=1S/C13H11BrF2N2O/c14-9-4-10(15)12(11(16)5-9)13(19)18-3-1-2-8(6-17)7-18/h4-5,8H,1-3,7H2. The normalized spacial score (nSPS) is 19.1. The fourth-order valence-electron chi connectivity index (χ4n) is 2.17. The minimum absolute atomic E-state index is 0.226. The number of hydrogen-bond donors (Lipinski definition) is 0. The molecular weight excluding hydrogens is 318 g/mol. The maximum absolute atomic E-state index is 13.7. The molecule has 0 spiro atoms. The van der Waals surface area contributed by atoms with Crippen LogP contribution in [0.3, 0.4) is 0 Å². The largest absolute Gasteiger partial charge is 0.337 e. The van der Waals surface area contributed by atoms with E-state index < -0.39 is 23.1 Å². The molecule has 1 amide bonds. The smallest absolute Gasteiger partial charge is 0.259 e. The summed E-state index contributed by atoms with van der Waals surface area (Å²) in [4.78, 5) is 13.5. The Bertz CT molecular complexity index is 533. The Hall–Kier alpha value is -1.48. The third-order valence-electron chi connectivity index (χ3n) is 3.11. The van der Waals surface area contributed by atoms with Crippen LogP contribution in [0.5, 0.6) is 0 Å². The lowest BCUT2D eigenvalue weighted by molar-refractivity contribution is 0.0689. The van der Waals surface area contributed by atoms with Crippen molar-refractivity contribution in [1.82, 2.24) is 4.90 Å². The molecule has 1 heterocycles. The molecule has 0 N–H and O–H groups in total. The number of carbonyl (C=O) groups is 1. The summed E-state index contributed by atoms with van der Waals surface area (Å²) >= 11 is 2.97. The van der Waals surface area contributed by atoms with Gasteiger partial charge in [0.2, 0.25) is 0 Å². The van der Waals surface area contributed by atoms with Crippen LogP contribution in [0.25, 0.3) is 0 Å². The SMILES string of the molecule is N#CC1CCCN(C(=O)c2c(F)cc(Br)cc2F)C1. The Kier molecular flexibility index (Phi) is 4.15. The highest BCUT2D eigenvalue weighted by atomic mass is 79.9. The second kappa shape index (κ2) is 5.66. The number of benzene rings is 1. The molecule has 0 aromatic heterocycles. The molecule has 6 heteroatoms. The zero-order chi connectivity index (χ0) is 14.0. The highest BCUT2D eigenvalue weighted by molar-refractivity contribution is 9.10. The minimum atomic E-state index is -0.893. The fourth-order valence-corrected chi connectivity index (χ4v) is 2.57. The second-order valence-corrected chi connectivity index (χ2v) is 5.38. The van der Waals surface area contributed by atoms with Crippen LogP contribution >= 0.6 is 15.9 Å². The Balaban J connectivity index is 2.27. The van der Waals surface area contributed by atoms with Gasteiger partial charge in [-0.1, -0.05) is 15.9 Å². The van der Waals surface area contributed by atoms with Crippen molar-refractivity contribution >= 4 is 21.8 Å². The molecule has 100 valence electrons. The molecule has 0 aliphatic carbocycles. The molecule has 2 rings (SSSR count). The maximum atomic E-state index is 13.7. The van der Waals surface area contributed by atoms with Crippen LogP contribution in [0.15, 0.2) is 16.6 Å². The van der Waals surface area contributed by atoms with Crippen LogP contribution in [0.2, 0.25) is 0 Å². The summed E-state index contributed by atoms with van der Waals surface area (Å²) in [7, 11) is 0. The van der Waals surface area contributed by atoms with Crippen molar-refractivity contribution in [1.29, 1.82) is 5.26 Å². The van der Waals surface area contributed by atoms with Gasteiger partial charge in [0.05, 0.1) is 12.0 Å². The molecule has 1 unspecified atom stereocenters. The van der Waals surface area contributed by atoms with E-state index in [-0.39, 0.29) is 16.9 Å². The summed E-state index contributed by atoms with van der Waals surface area (Å²) in [6, 6.07) is 4.20. The number of rotatable bonds is 1. The summed E-state index contributed by atoms with van der Waals surface area (Å²) in [5, 5.41) is 8.86. The number of nitriles is 1. The number of carbonyl (C=O) groups excluding carboxylic acids is 1. The lowest BCUT2D eigenvalue weighted by Gasteiger charge is -2.29. The fraction of sp³-hybridized carbons (Fsp3) is 0.385. The highest BCUT2D eigenvalue weighted by Crippen LogP contribution is 2.23. The Morgan fingerprint density at radius 2 is 2.05 bits per heavy atom. The van der Waals surface area contributed by atoms with Gasteiger partial charge in [-0.15, -0.1) is 0 Å². The molecular formula is C13H11BrF2N2O. The van der Waals surface area contributed by atoms with E-state index in [4.69, 9.17) is 5.26 Å². The van der Waals surface area contributed by atoms with Crippen molar-refractivity contribution in [3.8, 4) is 6.07 Å². The van der Waals surface area contributed by atoms with E-state index in [9.17, 15) is 13.6 Å². The van der Waals surface area contributed by atoms with Crippen molar-refractivity contribution in [2.45, 2.75) is 12.8 Å². The maximum Gasteiger partial charge on any atom is 0.259 e. The molecule has 0 saturated carbocycles. The summed E-state index contributed by atoms with van der Waals surface area (Å²) in [5.41, 5.74) is -0.554. The Labute approximate surface area is 117 Å². The number of nitrogens with zero attached hydrogens (tertiary/aromatic N) is 2. The van der Waals surface area contributed by atoms with Crippen LogP contribution in [0, 0.1) is 28.9 Å². The van der Waals surface area contributed by atoms with E-state index >= 15 is 0 Å². The predicted molar refractivity (Wildman–Crippen MR) is 68.3 cm³/mol. The number of amides is 1. The molecule has 19 heavy (non-hydrogen) atoms. The number of halogens is 3. The molecule has 0 bridgehead atoms. The van der Waals surface area contributed by atoms with Gasteiger partial charge in [0.1, 0.15) is 17.2 Å². The monoisotopic (exact) mass is 328 g/mol. The number of piperidine rings is 1. The van der Waals surface area contributed by atoms with Crippen LogP contribution in [-0.2, 0) is 0 Å². The van der Waals surface area contributed by atoms with E-state index in [0.717, 1.165) is 12.1 Å². The average Bonchev–Trinajstić information content (AvgIpc) is 2.37. The third kappa shape index (κ3) is 2.92. The average molecular weight is 329 g/mol. The van der Waals surface area contributed by atoms with Gasteiger partial charge in [-0.2, -0.15) is 5.26 Å². The number of likely N-dealkylation sites (tertiary alicyclic amines) is 1. The van der Waals surface area contributed by atoms with Gasteiger partial charge in [0, 0.05) is 17.6 Å². The molecule has 0 radical (unpaired) electrons. The van der Waals surface area contributed by atoms with E-state index in [1.807, 2.05) is 0 Å². The third-order valence-corrected chi connectivity index (χ3v) is 3.57. The Morgan fingerprint density at radius 3 is 2.63 bits per heavy atom. The van der Waals surface area contributed by atoms with Crippen molar-refractivity contribution in [2.24, 2.45) is 5.92 Å². The van der Waals surface area contributed by atoms with Crippen molar-refractivity contribution in [2.75, 3.05) is 13.1 Å². The minimum Gasteiger partial charge on any atom is -0.337 e. The molecule has 1 aromatic carbocycles. The number of hydrogen-bond acceptors (Lipinski definition) is 2. The van der Waals surface area contributed by atoms with E-state index in [1.54, 1.807) is 0 Å². The van der Waals surface area contributed by atoms with Gasteiger partial charge in [0.25, 0.3) is 5.91 Å². The van der Waals surface area contributed by atoms with E-state index in [2.05, 4.69) is 22.0 Å². The first-order valence-electron chi connectivity index (χ1n) is 5.86. The van der Waals surface area contributed by atoms with Crippen LogP contribution in [-0.4, -0.2) is 23.9 Å². The molecule has 1 aromatic rings. The van der Waals surface area contributed by atoms with Crippen molar-refractivity contribution < 1.29 is 13.6 Å². The summed E-state index contributed by atoms with van der Waals surface area (Å²) < 4.78 is 27.7. The van der Waals surface area contributed by atoms with Gasteiger partial charge in [-0.05, 0) is 25.0 Å². The lowest BCUT2D eigenvalue weighted by atomic mass is 9.99. The van der Waals surface area contributed by atoms with Gasteiger partial charge < -0.3 is 4.90 Å². The van der Waals surface area contributed by atoms with Gasteiger partial charge >= 0.3 is 0 Å². The molecule has 1 aliphatic heterocycles. The quantitative estimate of drug-likeness (QED) is 0.795. The first kappa shape index (κ1) is 13.9. The van der Waals surface area contributed by atoms with Crippen LogP contribution < -0.4 is 0 Å². The zero-order valence-corrected chi connectivity index (χ0v) is 11.6. The first-order chi connectivity index (χ1) is 9.02. The van der Waals surface area contributed by atoms with E-state index in [1.165, 1.54) is 4.90 Å². The van der Waals surface area contributed by atoms with Crippen LogP contribution in [0.4, 0.5) is 8.78 Å². The topological polar surface area (TPSA) is 44.1 Å². The van der Waals surface area contributed by atoms with E-state index in [0.29, 0.717) is 19.4 Å². The Morgan fingerprint density at radius 1 is 1.42 bits per heavy atom. The van der Waals surface area contributed by atoms with Crippen LogP contribution in [0.1, 0.15) is 23.2 Å². The summed E-state index contributed by atoms with van der Waals surface area (Å²) in [6.45, 7) is 0.649. The predicted octanol–water partition coefficient (Wildman–Crippen LogP) is 3.10.